The Morgan fingerprint density at radius 3 is 2.56 bits per heavy atom. The summed E-state index contributed by atoms with van der Waals surface area (Å²) in [7, 11) is 0. The van der Waals surface area contributed by atoms with Crippen LogP contribution < -0.4 is 5.32 Å². The van der Waals surface area contributed by atoms with Gasteiger partial charge in [-0.2, -0.15) is 10.2 Å². The third-order valence-electron chi connectivity index (χ3n) is 3.79. The van der Waals surface area contributed by atoms with Crippen LogP contribution in [-0.4, -0.2) is 26.3 Å². The molecule has 0 saturated heterocycles. The number of halogens is 2. The first-order valence-electron chi connectivity index (χ1n) is 7.36. The summed E-state index contributed by atoms with van der Waals surface area (Å²) in [6.45, 7) is 0. The van der Waals surface area contributed by atoms with Crippen molar-refractivity contribution in [2.45, 2.75) is 0 Å². The van der Waals surface area contributed by atoms with Crippen molar-refractivity contribution in [3.8, 4) is 11.3 Å². The first-order valence-corrected chi connectivity index (χ1v) is 7.36. The molecule has 0 saturated carbocycles. The van der Waals surface area contributed by atoms with Gasteiger partial charge in [-0.25, -0.2) is 8.78 Å². The molecule has 0 bridgehead atoms. The lowest BCUT2D eigenvalue weighted by molar-refractivity contribution is 0.102. The number of H-pyrrole nitrogens is 2. The Morgan fingerprint density at radius 2 is 1.76 bits per heavy atom. The predicted octanol–water partition coefficient (Wildman–Crippen LogP) is 3.48. The van der Waals surface area contributed by atoms with Gasteiger partial charge >= 0.3 is 0 Å². The highest BCUT2D eigenvalue weighted by Gasteiger charge is 2.21. The number of nitrogens with zero attached hydrogens (tertiary/aromatic N) is 2. The van der Waals surface area contributed by atoms with Crippen molar-refractivity contribution >= 4 is 22.5 Å². The average Bonchev–Trinajstić information content (AvgIpc) is 3.23. The van der Waals surface area contributed by atoms with Crippen molar-refractivity contribution in [2.75, 3.05) is 5.32 Å². The minimum Gasteiger partial charge on any atom is -0.322 e. The van der Waals surface area contributed by atoms with Gasteiger partial charge in [0.05, 0.1) is 34.7 Å². The van der Waals surface area contributed by atoms with Gasteiger partial charge in [0.1, 0.15) is 11.6 Å². The van der Waals surface area contributed by atoms with Crippen LogP contribution in [0.2, 0.25) is 0 Å². The lowest BCUT2D eigenvalue weighted by atomic mass is 10.1. The van der Waals surface area contributed by atoms with Gasteiger partial charge < -0.3 is 5.32 Å². The molecule has 2 aromatic heterocycles. The number of carbonyl (C=O) groups excluding carboxylic acids is 1. The molecule has 2 heterocycles. The molecule has 0 fully saturated rings. The van der Waals surface area contributed by atoms with E-state index in [4.69, 9.17) is 0 Å². The smallest absolute Gasteiger partial charge is 0.259 e. The summed E-state index contributed by atoms with van der Waals surface area (Å²) in [5, 5.41) is 16.5. The zero-order valence-corrected chi connectivity index (χ0v) is 12.7. The van der Waals surface area contributed by atoms with Crippen molar-refractivity contribution in [3.63, 3.8) is 0 Å². The number of aromatic amines is 2. The summed E-state index contributed by atoms with van der Waals surface area (Å²) in [5.41, 5.74) is 1.06. The van der Waals surface area contributed by atoms with E-state index in [1.54, 1.807) is 24.4 Å². The predicted molar refractivity (Wildman–Crippen MR) is 88.0 cm³/mol. The molecule has 124 valence electrons. The van der Waals surface area contributed by atoms with E-state index < -0.39 is 17.5 Å². The highest BCUT2D eigenvalue weighted by molar-refractivity contribution is 6.08. The average molecular weight is 339 g/mol. The van der Waals surface area contributed by atoms with E-state index in [1.807, 2.05) is 0 Å². The van der Waals surface area contributed by atoms with Gasteiger partial charge in [0.25, 0.3) is 5.91 Å². The molecule has 0 aliphatic carbocycles. The van der Waals surface area contributed by atoms with Crippen molar-refractivity contribution < 1.29 is 13.6 Å². The third-order valence-corrected chi connectivity index (χ3v) is 3.79. The van der Waals surface area contributed by atoms with Gasteiger partial charge in [-0.3, -0.25) is 15.0 Å². The summed E-state index contributed by atoms with van der Waals surface area (Å²) in [6, 6.07) is 8.69. The van der Waals surface area contributed by atoms with Gasteiger partial charge in [-0.1, -0.05) is 6.07 Å². The van der Waals surface area contributed by atoms with E-state index in [2.05, 4.69) is 25.7 Å². The first-order chi connectivity index (χ1) is 12.1. The number of carbonyl (C=O) groups is 1. The molecule has 25 heavy (non-hydrogen) atoms. The van der Waals surface area contributed by atoms with Gasteiger partial charge in [0, 0.05) is 11.1 Å². The zero-order valence-electron chi connectivity index (χ0n) is 12.7. The maximum atomic E-state index is 14.0. The van der Waals surface area contributed by atoms with Crippen LogP contribution in [0.4, 0.5) is 14.5 Å². The Labute approximate surface area is 139 Å². The summed E-state index contributed by atoms with van der Waals surface area (Å²) < 4.78 is 28.0. The van der Waals surface area contributed by atoms with Gasteiger partial charge in [0.15, 0.2) is 0 Å². The van der Waals surface area contributed by atoms with Crippen LogP contribution in [0.25, 0.3) is 22.2 Å². The van der Waals surface area contributed by atoms with E-state index in [9.17, 15) is 13.6 Å². The number of nitrogens with one attached hydrogen (secondary N) is 3. The number of benzene rings is 2. The number of fused-ring (bicyclic) bond motifs is 1. The van der Waals surface area contributed by atoms with E-state index >= 15 is 0 Å². The summed E-state index contributed by atoms with van der Waals surface area (Å²) in [5.74, 6) is -2.09. The molecule has 0 aliphatic heterocycles. The molecule has 6 nitrogen and oxygen atoms in total. The van der Waals surface area contributed by atoms with Crippen molar-refractivity contribution in [1.82, 2.24) is 20.4 Å². The summed E-state index contributed by atoms with van der Waals surface area (Å²) in [6.07, 6.45) is 2.86. The highest BCUT2D eigenvalue weighted by atomic mass is 19.1. The molecule has 0 unspecified atom stereocenters. The lowest BCUT2D eigenvalue weighted by Crippen LogP contribution is -2.12. The Hall–Kier alpha value is -3.55. The number of amides is 1. The molecule has 2 aromatic carbocycles. The SMILES string of the molecule is O=C(Nc1ccc2[nH]ncc2c1)c1cn[nH]c1-c1c(F)cccc1F. The van der Waals surface area contributed by atoms with Crippen LogP contribution in [0.3, 0.4) is 0 Å². The zero-order chi connectivity index (χ0) is 17.4. The molecule has 4 aromatic rings. The molecule has 3 N–H and O–H groups in total. The highest BCUT2D eigenvalue weighted by Crippen LogP contribution is 2.27. The molecule has 0 spiro atoms. The molecule has 0 aliphatic rings. The molecule has 0 atom stereocenters. The molecule has 0 radical (unpaired) electrons. The van der Waals surface area contributed by atoms with E-state index in [-0.39, 0.29) is 16.8 Å². The number of hydrogen-bond acceptors (Lipinski definition) is 3. The molecule has 8 heteroatoms. The monoisotopic (exact) mass is 339 g/mol. The van der Waals surface area contributed by atoms with Crippen molar-refractivity contribution in [2.24, 2.45) is 0 Å². The largest absolute Gasteiger partial charge is 0.322 e. The molecule has 4 rings (SSSR count). The number of aromatic nitrogens is 4. The first kappa shape index (κ1) is 15.0. The van der Waals surface area contributed by atoms with E-state index in [0.29, 0.717) is 5.69 Å². The van der Waals surface area contributed by atoms with Gasteiger partial charge in [-0.15, -0.1) is 0 Å². The van der Waals surface area contributed by atoms with Gasteiger partial charge in [0.2, 0.25) is 0 Å². The Balaban J connectivity index is 1.68. The lowest BCUT2D eigenvalue weighted by Gasteiger charge is -2.07. The minimum atomic E-state index is -0.780. The van der Waals surface area contributed by atoms with Crippen LogP contribution in [0.1, 0.15) is 10.4 Å². The van der Waals surface area contributed by atoms with E-state index in [0.717, 1.165) is 23.0 Å². The van der Waals surface area contributed by atoms with Crippen LogP contribution in [0.15, 0.2) is 48.8 Å². The molecular weight excluding hydrogens is 328 g/mol. The van der Waals surface area contributed by atoms with Crippen LogP contribution in [0, 0.1) is 11.6 Å². The fraction of sp³-hybridized carbons (Fsp3) is 0. The van der Waals surface area contributed by atoms with Crippen LogP contribution in [-0.2, 0) is 0 Å². The molecular formula is C17H11F2N5O. The van der Waals surface area contributed by atoms with Crippen molar-refractivity contribution in [1.29, 1.82) is 0 Å². The number of rotatable bonds is 3. The Kier molecular flexibility index (Phi) is 3.50. The minimum absolute atomic E-state index is 0.0162. The third kappa shape index (κ3) is 2.63. The maximum absolute atomic E-state index is 14.0. The summed E-state index contributed by atoms with van der Waals surface area (Å²) in [4.78, 5) is 12.5. The summed E-state index contributed by atoms with van der Waals surface area (Å²) >= 11 is 0. The standard InChI is InChI=1S/C17H11F2N5O/c18-12-2-1-3-13(19)15(12)16-11(8-21-24-16)17(25)22-10-4-5-14-9(6-10)7-20-23-14/h1-8H,(H,20,23)(H,21,24)(H,22,25). The second-order valence-electron chi connectivity index (χ2n) is 5.38. The second-order valence-corrected chi connectivity index (χ2v) is 5.38. The fourth-order valence-electron chi connectivity index (χ4n) is 2.60. The number of hydrogen-bond donors (Lipinski definition) is 3. The fourth-order valence-corrected chi connectivity index (χ4v) is 2.60. The topological polar surface area (TPSA) is 86.5 Å². The quantitative estimate of drug-likeness (QED) is 0.534. The molecule has 1 amide bonds. The van der Waals surface area contributed by atoms with Crippen LogP contribution >= 0.6 is 0 Å². The van der Waals surface area contributed by atoms with Crippen molar-refractivity contribution in [3.05, 3.63) is 66.0 Å². The second kappa shape index (κ2) is 5.82. The number of anilines is 1. The van der Waals surface area contributed by atoms with Gasteiger partial charge in [-0.05, 0) is 30.3 Å². The maximum Gasteiger partial charge on any atom is 0.259 e. The van der Waals surface area contributed by atoms with E-state index in [1.165, 1.54) is 12.3 Å². The normalized spacial score (nSPS) is 11.0. The Bertz CT molecular complexity index is 1070. The van der Waals surface area contributed by atoms with Crippen LogP contribution in [0.5, 0.6) is 0 Å². The Morgan fingerprint density at radius 1 is 1.00 bits per heavy atom.